The lowest BCUT2D eigenvalue weighted by Crippen LogP contribution is -2.53. The highest BCUT2D eigenvalue weighted by Gasteiger charge is 2.42. The third-order valence-electron chi connectivity index (χ3n) is 6.75. The average Bonchev–Trinajstić information content (AvgIpc) is 2.72. The molecule has 2 aromatic rings. The van der Waals surface area contributed by atoms with Crippen LogP contribution >= 0.6 is 0 Å². The molecule has 2 unspecified atom stereocenters. The molecule has 0 bridgehead atoms. The summed E-state index contributed by atoms with van der Waals surface area (Å²) in [6.07, 6.45) is -0.0618. The molecule has 178 valence electrons. The summed E-state index contributed by atoms with van der Waals surface area (Å²) in [4.78, 5) is 6.80. The van der Waals surface area contributed by atoms with Crippen molar-refractivity contribution >= 4 is 8.32 Å². The third-order valence-corrected chi connectivity index (χ3v) is 11.2. The van der Waals surface area contributed by atoms with Gasteiger partial charge in [0.1, 0.15) is 6.10 Å². The number of rotatable bonds is 10. The number of hydrogen-bond donors (Lipinski definition) is 0. The number of hydroxylamine groups is 2. The van der Waals surface area contributed by atoms with Crippen LogP contribution in [0.2, 0.25) is 18.1 Å². The fourth-order valence-electron chi connectivity index (χ4n) is 3.62. The maximum Gasteiger partial charge on any atom is 0.192 e. The Bertz CT molecular complexity index is 812. The van der Waals surface area contributed by atoms with Gasteiger partial charge >= 0.3 is 0 Å². The minimum absolute atomic E-state index is 0.0618. The predicted molar refractivity (Wildman–Crippen MR) is 139 cm³/mol. The molecule has 4 heteroatoms. The van der Waals surface area contributed by atoms with Crippen molar-refractivity contribution in [2.45, 2.75) is 91.2 Å². The molecule has 2 atom stereocenters. The maximum absolute atomic E-state index is 6.80. The monoisotopic (exact) mass is 455 g/mol. The van der Waals surface area contributed by atoms with Crippen molar-refractivity contribution in [3.05, 3.63) is 71.8 Å². The van der Waals surface area contributed by atoms with Crippen molar-refractivity contribution in [1.29, 1.82) is 0 Å². The van der Waals surface area contributed by atoms with Crippen molar-refractivity contribution in [3.63, 3.8) is 0 Å². The van der Waals surface area contributed by atoms with Crippen LogP contribution in [0.25, 0.3) is 0 Å². The van der Waals surface area contributed by atoms with Crippen molar-refractivity contribution in [2.24, 2.45) is 5.92 Å². The summed E-state index contributed by atoms with van der Waals surface area (Å²) < 4.78 is 6.71. The van der Waals surface area contributed by atoms with Crippen LogP contribution in [-0.4, -0.2) is 25.5 Å². The zero-order chi connectivity index (χ0) is 24.2. The second-order valence-electron chi connectivity index (χ2n) is 11.4. The zero-order valence-electron chi connectivity index (χ0n) is 22.0. The van der Waals surface area contributed by atoms with Gasteiger partial charge in [-0.1, -0.05) is 95.3 Å². The fourth-order valence-corrected chi connectivity index (χ4v) is 4.77. The Balaban J connectivity index is 2.41. The molecule has 0 heterocycles. The van der Waals surface area contributed by atoms with Crippen molar-refractivity contribution < 1.29 is 9.26 Å². The number of hydrogen-bond acceptors (Lipinski definition) is 3. The molecule has 2 aromatic carbocycles. The van der Waals surface area contributed by atoms with Crippen LogP contribution in [0.1, 0.15) is 78.7 Å². The lowest BCUT2D eigenvalue weighted by molar-refractivity contribution is -0.281. The first kappa shape index (κ1) is 26.8. The SMILES string of the molecule is CC(ON(C(c1ccccc1)C(C)C)C(C)(C)CO[Si](C)(C)C(C)(C)C)c1ccccc1. The standard InChI is InChI=1S/C28H45NO2Si/c1-22(2)26(25-19-15-12-16-20-25)29(31-23(3)24-17-13-11-14-18-24)28(7,8)21-30-32(9,10)27(4,5)6/h11-20,22-23,26H,21H2,1-10H3. The van der Waals surface area contributed by atoms with Crippen molar-refractivity contribution in [3.8, 4) is 0 Å². The first-order valence-corrected chi connectivity index (χ1v) is 14.9. The molecule has 0 amide bonds. The van der Waals surface area contributed by atoms with Gasteiger partial charge < -0.3 is 4.43 Å². The van der Waals surface area contributed by atoms with Gasteiger partial charge in [-0.15, -0.1) is 0 Å². The molecule has 0 spiro atoms. The second kappa shape index (κ2) is 10.6. The van der Waals surface area contributed by atoms with Gasteiger partial charge in [0.15, 0.2) is 8.32 Å². The van der Waals surface area contributed by atoms with Crippen LogP contribution < -0.4 is 0 Å². The van der Waals surface area contributed by atoms with Gasteiger partial charge in [0.25, 0.3) is 0 Å². The summed E-state index contributed by atoms with van der Waals surface area (Å²) in [5.41, 5.74) is 2.13. The molecule has 0 aliphatic rings. The molecule has 0 aromatic heterocycles. The van der Waals surface area contributed by atoms with Crippen molar-refractivity contribution in [1.82, 2.24) is 5.06 Å². The summed E-state index contributed by atoms with van der Waals surface area (Å²) in [5.74, 6) is 0.368. The van der Waals surface area contributed by atoms with E-state index in [1.807, 2.05) is 6.07 Å². The Hall–Kier alpha value is -1.46. The lowest BCUT2D eigenvalue weighted by Gasteiger charge is -2.47. The minimum atomic E-state index is -1.89. The van der Waals surface area contributed by atoms with E-state index in [4.69, 9.17) is 9.26 Å². The molecule has 0 saturated heterocycles. The van der Waals surface area contributed by atoms with Gasteiger partial charge in [-0.2, -0.15) is 5.06 Å². The van der Waals surface area contributed by atoms with Gasteiger partial charge in [0.05, 0.1) is 18.2 Å². The summed E-state index contributed by atoms with van der Waals surface area (Å²) in [7, 11) is -1.89. The minimum Gasteiger partial charge on any atom is -0.415 e. The van der Waals surface area contributed by atoms with Gasteiger partial charge in [-0.25, -0.2) is 0 Å². The van der Waals surface area contributed by atoms with E-state index in [0.717, 1.165) is 0 Å². The van der Waals surface area contributed by atoms with E-state index in [0.29, 0.717) is 12.5 Å². The first-order valence-electron chi connectivity index (χ1n) is 12.0. The molecule has 2 rings (SSSR count). The van der Waals surface area contributed by atoms with Crippen LogP contribution in [0.3, 0.4) is 0 Å². The highest BCUT2D eigenvalue weighted by atomic mass is 28.4. The maximum atomic E-state index is 6.80. The molecule has 0 N–H and O–H groups in total. The Kier molecular flexibility index (Phi) is 8.91. The smallest absolute Gasteiger partial charge is 0.192 e. The van der Waals surface area contributed by atoms with Gasteiger partial charge in [0.2, 0.25) is 0 Å². The molecule has 0 aliphatic carbocycles. The number of nitrogens with zero attached hydrogens (tertiary/aromatic N) is 1. The molecule has 0 aliphatic heterocycles. The van der Waals surface area contributed by atoms with E-state index in [1.165, 1.54) is 11.1 Å². The number of benzene rings is 2. The summed E-state index contributed by atoms with van der Waals surface area (Å²) in [6, 6.07) is 21.3. The molecule has 3 nitrogen and oxygen atoms in total. The van der Waals surface area contributed by atoms with Crippen LogP contribution in [0.4, 0.5) is 0 Å². The van der Waals surface area contributed by atoms with Crippen LogP contribution in [0.5, 0.6) is 0 Å². The van der Waals surface area contributed by atoms with Crippen LogP contribution in [-0.2, 0) is 9.26 Å². The third kappa shape index (κ3) is 6.77. The molecule has 0 fully saturated rings. The highest BCUT2D eigenvalue weighted by Crippen LogP contribution is 2.40. The highest BCUT2D eigenvalue weighted by molar-refractivity contribution is 6.74. The van der Waals surface area contributed by atoms with Gasteiger partial charge in [-0.3, -0.25) is 4.84 Å². The normalized spacial score (nSPS) is 15.2. The summed E-state index contributed by atoms with van der Waals surface area (Å²) in [5, 5.41) is 2.39. The molecular weight excluding hydrogens is 410 g/mol. The van der Waals surface area contributed by atoms with E-state index in [1.54, 1.807) is 0 Å². The zero-order valence-corrected chi connectivity index (χ0v) is 23.0. The molecule has 0 saturated carbocycles. The summed E-state index contributed by atoms with van der Waals surface area (Å²) in [6.45, 7) is 23.3. The molecule has 0 radical (unpaired) electrons. The summed E-state index contributed by atoms with van der Waals surface area (Å²) >= 11 is 0. The molecule has 32 heavy (non-hydrogen) atoms. The predicted octanol–water partition coefficient (Wildman–Crippen LogP) is 8.18. The second-order valence-corrected chi connectivity index (χ2v) is 16.3. The Morgan fingerprint density at radius 1 is 0.781 bits per heavy atom. The van der Waals surface area contributed by atoms with Crippen LogP contribution in [0, 0.1) is 5.92 Å². The van der Waals surface area contributed by atoms with Gasteiger partial charge in [0, 0.05) is 0 Å². The van der Waals surface area contributed by atoms with E-state index >= 15 is 0 Å². The van der Waals surface area contributed by atoms with Crippen molar-refractivity contribution in [2.75, 3.05) is 6.61 Å². The Labute approximate surface area is 198 Å². The van der Waals surface area contributed by atoms with E-state index in [-0.39, 0.29) is 22.7 Å². The fraction of sp³-hybridized carbons (Fsp3) is 0.571. The quantitative estimate of drug-likeness (QED) is 0.266. The largest absolute Gasteiger partial charge is 0.415 e. The van der Waals surface area contributed by atoms with Crippen LogP contribution in [0.15, 0.2) is 60.7 Å². The van der Waals surface area contributed by atoms with E-state index in [9.17, 15) is 0 Å². The molecular formula is C28H45NO2Si. The average molecular weight is 456 g/mol. The van der Waals surface area contributed by atoms with E-state index < -0.39 is 8.32 Å². The first-order chi connectivity index (χ1) is 14.8. The van der Waals surface area contributed by atoms with E-state index in [2.05, 4.69) is 128 Å². The Morgan fingerprint density at radius 2 is 1.25 bits per heavy atom. The van der Waals surface area contributed by atoms with Gasteiger partial charge in [-0.05, 0) is 55.9 Å². The lowest BCUT2D eigenvalue weighted by atomic mass is 9.92. The Morgan fingerprint density at radius 3 is 1.69 bits per heavy atom. The topological polar surface area (TPSA) is 21.7 Å².